The Balaban J connectivity index is 1.47. The molecule has 1 aliphatic heterocycles. The van der Waals surface area contributed by atoms with Gasteiger partial charge in [-0.2, -0.15) is 0 Å². The summed E-state index contributed by atoms with van der Waals surface area (Å²) in [6.45, 7) is 2.15. The number of thiophene rings is 1. The molecule has 1 atom stereocenters. The van der Waals surface area contributed by atoms with Crippen LogP contribution in [0.3, 0.4) is 0 Å². The lowest BCUT2D eigenvalue weighted by atomic mass is 9.88. The van der Waals surface area contributed by atoms with E-state index in [0.29, 0.717) is 27.6 Å². The number of anilines is 1. The molecule has 1 aromatic carbocycles. The van der Waals surface area contributed by atoms with Crippen LogP contribution in [-0.4, -0.2) is 42.2 Å². The number of ether oxygens (including phenoxy) is 1. The maximum absolute atomic E-state index is 12.6. The molecule has 0 bridgehead atoms. The summed E-state index contributed by atoms with van der Waals surface area (Å²) in [7, 11) is 1.33. The molecule has 0 saturated heterocycles. The third-order valence-electron chi connectivity index (χ3n) is 5.59. The Morgan fingerprint density at radius 3 is 2.50 bits per heavy atom. The molecule has 2 aliphatic rings. The van der Waals surface area contributed by atoms with E-state index in [9.17, 15) is 19.2 Å². The van der Waals surface area contributed by atoms with E-state index in [0.717, 1.165) is 34.6 Å². The molecule has 0 unspecified atom stereocenters. The molecule has 0 fully saturated rings. The average Bonchev–Trinajstić information content (AvgIpc) is 3.20. The van der Waals surface area contributed by atoms with Gasteiger partial charge in [-0.15, -0.1) is 11.3 Å². The number of fused-ring (bicyclic) bond motifs is 2. The van der Waals surface area contributed by atoms with Crippen LogP contribution in [0.2, 0.25) is 0 Å². The lowest BCUT2D eigenvalue weighted by Gasteiger charge is -2.18. The Kier molecular flexibility index (Phi) is 5.42. The number of esters is 1. The van der Waals surface area contributed by atoms with Gasteiger partial charge in [0.1, 0.15) is 5.00 Å². The Morgan fingerprint density at radius 2 is 1.87 bits per heavy atom. The minimum atomic E-state index is -0.460. The van der Waals surface area contributed by atoms with E-state index >= 15 is 0 Å². The zero-order chi connectivity index (χ0) is 21.4. The predicted octanol–water partition coefficient (Wildman–Crippen LogP) is 3.28. The van der Waals surface area contributed by atoms with Crippen molar-refractivity contribution in [3.63, 3.8) is 0 Å². The molecule has 1 aliphatic carbocycles. The molecule has 1 aromatic heterocycles. The number of amides is 3. The molecule has 30 heavy (non-hydrogen) atoms. The molecule has 156 valence electrons. The van der Waals surface area contributed by atoms with Gasteiger partial charge in [0.2, 0.25) is 5.91 Å². The molecule has 8 heteroatoms. The molecule has 2 heterocycles. The zero-order valence-corrected chi connectivity index (χ0v) is 17.6. The first-order valence-electron chi connectivity index (χ1n) is 9.88. The van der Waals surface area contributed by atoms with Crippen molar-refractivity contribution >= 4 is 40.0 Å². The topological polar surface area (TPSA) is 92.8 Å². The van der Waals surface area contributed by atoms with E-state index in [1.165, 1.54) is 18.4 Å². The number of hydrogen-bond acceptors (Lipinski definition) is 6. The van der Waals surface area contributed by atoms with Crippen LogP contribution in [0.15, 0.2) is 24.3 Å². The molecule has 0 spiro atoms. The normalized spacial score (nSPS) is 17.5. The number of methoxy groups -OCH3 is 1. The van der Waals surface area contributed by atoms with Crippen LogP contribution in [0, 0.1) is 5.92 Å². The van der Waals surface area contributed by atoms with Gasteiger partial charge in [-0.25, -0.2) is 4.79 Å². The Hall–Kier alpha value is -3.00. The van der Waals surface area contributed by atoms with Crippen LogP contribution in [0.4, 0.5) is 5.00 Å². The van der Waals surface area contributed by atoms with Gasteiger partial charge in [-0.3, -0.25) is 19.3 Å². The zero-order valence-electron chi connectivity index (χ0n) is 16.8. The second kappa shape index (κ2) is 8.02. The lowest BCUT2D eigenvalue weighted by Crippen LogP contribution is -2.32. The average molecular weight is 426 g/mol. The molecule has 0 radical (unpaired) electrons. The Morgan fingerprint density at radius 1 is 1.20 bits per heavy atom. The maximum Gasteiger partial charge on any atom is 0.341 e. The predicted molar refractivity (Wildman–Crippen MR) is 112 cm³/mol. The fourth-order valence-corrected chi connectivity index (χ4v) is 5.42. The summed E-state index contributed by atoms with van der Waals surface area (Å²) in [6.07, 6.45) is 2.59. The first-order valence-corrected chi connectivity index (χ1v) is 10.7. The molecule has 0 saturated carbocycles. The van der Waals surface area contributed by atoms with Gasteiger partial charge in [0.05, 0.1) is 23.8 Å². The van der Waals surface area contributed by atoms with Gasteiger partial charge in [-0.1, -0.05) is 19.1 Å². The van der Waals surface area contributed by atoms with E-state index in [4.69, 9.17) is 4.74 Å². The van der Waals surface area contributed by atoms with E-state index in [1.807, 2.05) is 0 Å². The minimum absolute atomic E-state index is 0.0200. The number of nitrogens with zero attached hydrogens (tertiary/aromatic N) is 1. The van der Waals surface area contributed by atoms with E-state index < -0.39 is 5.97 Å². The van der Waals surface area contributed by atoms with E-state index in [1.54, 1.807) is 24.3 Å². The number of benzene rings is 1. The summed E-state index contributed by atoms with van der Waals surface area (Å²) in [4.78, 5) is 52.0. The lowest BCUT2D eigenvalue weighted by molar-refractivity contribution is -0.116. The molecular formula is C22H22N2O5S. The Labute approximate surface area is 178 Å². The third kappa shape index (κ3) is 3.52. The first-order chi connectivity index (χ1) is 14.4. The first kappa shape index (κ1) is 20.3. The number of rotatable bonds is 5. The van der Waals surface area contributed by atoms with Crippen molar-refractivity contribution in [3.05, 3.63) is 51.4 Å². The van der Waals surface area contributed by atoms with Gasteiger partial charge in [0.15, 0.2) is 0 Å². The van der Waals surface area contributed by atoms with Gasteiger partial charge in [0, 0.05) is 17.8 Å². The van der Waals surface area contributed by atoms with Gasteiger partial charge in [-0.05, 0) is 42.9 Å². The van der Waals surface area contributed by atoms with Gasteiger partial charge >= 0.3 is 5.97 Å². The second-order valence-corrected chi connectivity index (χ2v) is 8.76. The quantitative estimate of drug-likeness (QED) is 0.585. The fourth-order valence-electron chi connectivity index (χ4n) is 4.00. The van der Waals surface area contributed by atoms with Crippen LogP contribution in [-0.2, 0) is 22.4 Å². The molecule has 7 nitrogen and oxygen atoms in total. The third-order valence-corrected chi connectivity index (χ3v) is 6.76. The van der Waals surface area contributed by atoms with Crippen molar-refractivity contribution < 1.29 is 23.9 Å². The number of hydrogen-bond donors (Lipinski definition) is 1. The van der Waals surface area contributed by atoms with Gasteiger partial charge in [0.25, 0.3) is 11.8 Å². The molecular weight excluding hydrogens is 404 g/mol. The number of carbonyl (C=O) groups excluding carboxylic acids is 4. The summed E-state index contributed by atoms with van der Waals surface area (Å²) in [5.74, 6) is -1.07. The second-order valence-electron chi connectivity index (χ2n) is 7.65. The summed E-state index contributed by atoms with van der Waals surface area (Å²) >= 11 is 1.41. The van der Waals surface area contributed by atoms with E-state index in [-0.39, 0.29) is 30.7 Å². The summed E-state index contributed by atoms with van der Waals surface area (Å²) in [6, 6.07) is 6.62. The van der Waals surface area contributed by atoms with Crippen LogP contribution >= 0.6 is 11.3 Å². The van der Waals surface area contributed by atoms with E-state index in [2.05, 4.69) is 12.2 Å². The van der Waals surface area contributed by atoms with Crippen molar-refractivity contribution in [1.29, 1.82) is 0 Å². The fraction of sp³-hybridized carbons (Fsp3) is 0.364. The van der Waals surface area contributed by atoms with Crippen molar-refractivity contribution in [2.45, 2.75) is 32.6 Å². The van der Waals surface area contributed by atoms with Crippen molar-refractivity contribution in [3.8, 4) is 0 Å². The monoisotopic (exact) mass is 426 g/mol. The van der Waals surface area contributed by atoms with Crippen LogP contribution in [0.25, 0.3) is 0 Å². The molecule has 1 N–H and O–H groups in total. The highest BCUT2D eigenvalue weighted by Crippen LogP contribution is 2.40. The highest BCUT2D eigenvalue weighted by Gasteiger charge is 2.35. The molecule has 3 amide bonds. The SMILES string of the molecule is COC(=O)c1c(NC(=O)CCN2C(=O)c3ccccc3C2=O)sc2c1CC[C@@H](C)C2. The number of carbonyl (C=O) groups is 4. The smallest absolute Gasteiger partial charge is 0.341 e. The van der Waals surface area contributed by atoms with Crippen molar-refractivity contribution in [2.24, 2.45) is 5.92 Å². The highest BCUT2D eigenvalue weighted by molar-refractivity contribution is 7.17. The van der Waals surface area contributed by atoms with Crippen LogP contribution in [0.1, 0.15) is 61.3 Å². The maximum atomic E-state index is 12.6. The van der Waals surface area contributed by atoms with Crippen LogP contribution in [0.5, 0.6) is 0 Å². The van der Waals surface area contributed by atoms with Gasteiger partial charge < -0.3 is 10.1 Å². The number of imide groups is 1. The largest absolute Gasteiger partial charge is 0.465 e. The van der Waals surface area contributed by atoms with Crippen molar-refractivity contribution in [2.75, 3.05) is 19.0 Å². The summed E-state index contributed by atoms with van der Waals surface area (Å²) in [5.41, 5.74) is 2.10. The highest BCUT2D eigenvalue weighted by atomic mass is 32.1. The summed E-state index contributed by atoms with van der Waals surface area (Å²) < 4.78 is 4.93. The number of nitrogens with one attached hydrogen (secondary N) is 1. The van der Waals surface area contributed by atoms with Crippen molar-refractivity contribution in [1.82, 2.24) is 4.90 Å². The molecule has 4 rings (SSSR count). The Bertz CT molecular complexity index is 1020. The molecule has 2 aromatic rings. The van der Waals surface area contributed by atoms with Crippen LogP contribution < -0.4 is 5.32 Å². The standard InChI is InChI=1S/C22H22N2O5S/c1-12-7-8-15-16(11-12)30-19(18(15)22(28)29-2)23-17(25)9-10-24-20(26)13-5-3-4-6-14(13)21(24)27/h3-6,12H,7-11H2,1-2H3,(H,23,25)/t12-/m1/s1. The summed E-state index contributed by atoms with van der Waals surface area (Å²) in [5, 5.41) is 3.28. The minimum Gasteiger partial charge on any atom is -0.465 e.